The van der Waals surface area contributed by atoms with Gasteiger partial charge in [-0.2, -0.15) is 0 Å². The Kier molecular flexibility index (Phi) is 3.10. The zero-order chi connectivity index (χ0) is 11.5. The maximum Gasteiger partial charge on any atom is 0.312 e. The Balaban J connectivity index is 2.31. The lowest BCUT2D eigenvalue weighted by Crippen LogP contribution is -2.35. The highest BCUT2D eigenvalue weighted by molar-refractivity contribution is 5.72. The molecule has 3 N–H and O–H groups in total. The van der Waals surface area contributed by atoms with Gasteiger partial charge in [-0.1, -0.05) is 24.3 Å². The molecule has 2 rings (SSSR count). The van der Waals surface area contributed by atoms with E-state index in [1.165, 1.54) is 0 Å². The fourth-order valence-corrected chi connectivity index (χ4v) is 2.32. The lowest BCUT2D eigenvalue weighted by molar-refractivity contribution is 0.0828. The minimum Gasteiger partial charge on any atom is -0.377 e. The number of hydrogen-bond acceptors (Lipinski definition) is 2. The summed E-state index contributed by atoms with van der Waals surface area (Å²) in [5, 5.41) is 2.77. The first-order valence-electron chi connectivity index (χ1n) is 5.40. The highest BCUT2D eigenvalue weighted by atomic mass is 16.5. The SMILES string of the molecule is CO[C@@H]1CC[C@@H](NC(N)=O)c2ccccc21. The van der Waals surface area contributed by atoms with Gasteiger partial charge in [-0.15, -0.1) is 0 Å². The smallest absolute Gasteiger partial charge is 0.312 e. The van der Waals surface area contributed by atoms with Gasteiger partial charge in [0.15, 0.2) is 0 Å². The van der Waals surface area contributed by atoms with E-state index in [1.54, 1.807) is 7.11 Å². The maximum absolute atomic E-state index is 10.9. The fourth-order valence-electron chi connectivity index (χ4n) is 2.32. The van der Waals surface area contributed by atoms with E-state index in [2.05, 4.69) is 5.32 Å². The van der Waals surface area contributed by atoms with Gasteiger partial charge in [-0.25, -0.2) is 4.79 Å². The van der Waals surface area contributed by atoms with Crippen molar-refractivity contribution in [3.63, 3.8) is 0 Å². The second-order valence-corrected chi connectivity index (χ2v) is 3.99. The van der Waals surface area contributed by atoms with Crippen LogP contribution in [0.2, 0.25) is 0 Å². The van der Waals surface area contributed by atoms with Gasteiger partial charge in [0.25, 0.3) is 0 Å². The molecule has 0 aromatic heterocycles. The molecule has 0 spiro atoms. The van der Waals surface area contributed by atoms with Crippen LogP contribution in [-0.2, 0) is 4.74 Å². The van der Waals surface area contributed by atoms with E-state index < -0.39 is 6.03 Å². The number of amides is 2. The Labute approximate surface area is 94.8 Å². The summed E-state index contributed by atoms with van der Waals surface area (Å²) in [5.41, 5.74) is 7.42. The molecular weight excluding hydrogens is 204 g/mol. The number of hydrogen-bond donors (Lipinski definition) is 2. The summed E-state index contributed by atoms with van der Waals surface area (Å²) in [4.78, 5) is 10.9. The van der Waals surface area contributed by atoms with Gasteiger partial charge in [-0.3, -0.25) is 0 Å². The van der Waals surface area contributed by atoms with Crippen molar-refractivity contribution in [2.75, 3.05) is 7.11 Å². The second-order valence-electron chi connectivity index (χ2n) is 3.99. The Morgan fingerprint density at radius 1 is 1.38 bits per heavy atom. The van der Waals surface area contributed by atoms with Gasteiger partial charge in [0.1, 0.15) is 0 Å². The molecule has 0 saturated carbocycles. The van der Waals surface area contributed by atoms with E-state index in [4.69, 9.17) is 10.5 Å². The number of rotatable bonds is 2. The van der Waals surface area contributed by atoms with Gasteiger partial charge in [-0.05, 0) is 24.0 Å². The Hall–Kier alpha value is -1.55. The van der Waals surface area contributed by atoms with Crippen LogP contribution in [0.4, 0.5) is 4.79 Å². The topological polar surface area (TPSA) is 64.3 Å². The zero-order valence-corrected chi connectivity index (χ0v) is 9.27. The number of fused-ring (bicyclic) bond motifs is 1. The molecule has 0 heterocycles. The summed E-state index contributed by atoms with van der Waals surface area (Å²) in [6.07, 6.45) is 1.89. The number of benzene rings is 1. The Morgan fingerprint density at radius 3 is 2.69 bits per heavy atom. The van der Waals surface area contributed by atoms with E-state index in [1.807, 2.05) is 24.3 Å². The number of methoxy groups -OCH3 is 1. The number of primary amides is 1. The lowest BCUT2D eigenvalue weighted by Gasteiger charge is -2.30. The van der Waals surface area contributed by atoms with Crippen molar-refractivity contribution in [3.05, 3.63) is 35.4 Å². The molecule has 4 nitrogen and oxygen atoms in total. The van der Waals surface area contributed by atoms with Crippen LogP contribution in [0, 0.1) is 0 Å². The molecule has 0 bridgehead atoms. The molecule has 0 fully saturated rings. The highest BCUT2D eigenvalue weighted by Crippen LogP contribution is 2.37. The third kappa shape index (κ3) is 2.02. The third-order valence-electron chi connectivity index (χ3n) is 3.04. The Bertz CT molecular complexity index is 392. The first kappa shape index (κ1) is 11.0. The average Bonchev–Trinajstić information content (AvgIpc) is 2.29. The van der Waals surface area contributed by atoms with Crippen molar-refractivity contribution >= 4 is 6.03 Å². The van der Waals surface area contributed by atoms with Gasteiger partial charge in [0, 0.05) is 7.11 Å². The van der Waals surface area contributed by atoms with E-state index in [9.17, 15) is 4.79 Å². The molecule has 86 valence electrons. The third-order valence-corrected chi connectivity index (χ3v) is 3.04. The van der Waals surface area contributed by atoms with Gasteiger partial charge >= 0.3 is 6.03 Å². The van der Waals surface area contributed by atoms with E-state index in [0.29, 0.717) is 0 Å². The van der Waals surface area contributed by atoms with Crippen molar-refractivity contribution in [3.8, 4) is 0 Å². The maximum atomic E-state index is 10.9. The van der Waals surface area contributed by atoms with Crippen LogP contribution < -0.4 is 11.1 Å². The monoisotopic (exact) mass is 220 g/mol. The molecule has 0 unspecified atom stereocenters. The number of nitrogens with one attached hydrogen (secondary N) is 1. The van der Waals surface area contributed by atoms with Crippen molar-refractivity contribution in [1.82, 2.24) is 5.32 Å². The standard InChI is InChI=1S/C12H16N2O2/c1-16-11-7-6-10(14-12(13)15)8-4-2-3-5-9(8)11/h2-5,10-11H,6-7H2,1H3,(H3,13,14,15)/t10-,11-/m1/s1. The predicted molar refractivity (Wildman–Crippen MR) is 60.9 cm³/mol. The predicted octanol–water partition coefficient (Wildman–Crippen LogP) is 1.88. The largest absolute Gasteiger partial charge is 0.377 e. The minimum atomic E-state index is -0.476. The van der Waals surface area contributed by atoms with Crippen LogP contribution in [0.15, 0.2) is 24.3 Å². The minimum absolute atomic E-state index is 0.0140. The summed E-state index contributed by atoms with van der Waals surface area (Å²) in [5.74, 6) is 0. The molecule has 0 saturated heterocycles. The molecule has 0 aliphatic heterocycles. The molecule has 16 heavy (non-hydrogen) atoms. The van der Waals surface area contributed by atoms with Crippen molar-refractivity contribution in [2.24, 2.45) is 5.73 Å². The molecule has 1 aliphatic carbocycles. The summed E-state index contributed by atoms with van der Waals surface area (Å²) >= 11 is 0. The fraction of sp³-hybridized carbons (Fsp3) is 0.417. The molecule has 2 atom stereocenters. The van der Waals surface area contributed by atoms with Crippen LogP contribution >= 0.6 is 0 Å². The molecular formula is C12H16N2O2. The molecule has 1 aliphatic rings. The van der Waals surface area contributed by atoms with Crippen LogP contribution in [0.5, 0.6) is 0 Å². The first-order chi connectivity index (χ1) is 7.72. The molecule has 1 aromatic rings. The van der Waals surface area contributed by atoms with Crippen LogP contribution in [0.25, 0.3) is 0 Å². The second kappa shape index (κ2) is 4.53. The lowest BCUT2D eigenvalue weighted by atomic mass is 9.86. The van der Waals surface area contributed by atoms with Crippen molar-refractivity contribution in [2.45, 2.75) is 25.0 Å². The summed E-state index contributed by atoms with van der Waals surface area (Å²) in [7, 11) is 1.71. The van der Waals surface area contributed by atoms with E-state index in [-0.39, 0.29) is 12.1 Å². The van der Waals surface area contributed by atoms with Crippen molar-refractivity contribution in [1.29, 1.82) is 0 Å². The van der Waals surface area contributed by atoms with Crippen LogP contribution in [-0.4, -0.2) is 13.1 Å². The Morgan fingerprint density at radius 2 is 2.06 bits per heavy atom. The molecule has 4 heteroatoms. The summed E-state index contributed by atoms with van der Waals surface area (Å²) < 4.78 is 5.43. The summed E-state index contributed by atoms with van der Waals surface area (Å²) in [6, 6.07) is 7.54. The van der Waals surface area contributed by atoms with E-state index in [0.717, 1.165) is 24.0 Å². The van der Waals surface area contributed by atoms with Gasteiger partial charge in [0.05, 0.1) is 12.1 Å². The van der Waals surface area contributed by atoms with E-state index >= 15 is 0 Å². The number of nitrogens with two attached hydrogens (primary N) is 1. The highest BCUT2D eigenvalue weighted by Gasteiger charge is 2.27. The zero-order valence-electron chi connectivity index (χ0n) is 9.27. The van der Waals surface area contributed by atoms with Gasteiger partial charge < -0.3 is 15.8 Å². The van der Waals surface area contributed by atoms with Crippen LogP contribution in [0.3, 0.4) is 0 Å². The first-order valence-corrected chi connectivity index (χ1v) is 5.40. The number of ether oxygens (including phenoxy) is 1. The number of carbonyl (C=O) groups excluding carboxylic acids is 1. The number of carbonyl (C=O) groups is 1. The molecule has 0 radical (unpaired) electrons. The molecule has 2 amide bonds. The van der Waals surface area contributed by atoms with Crippen molar-refractivity contribution < 1.29 is 9.53 Å². The van der Waals surface area contributed by atoms with Gasteiger partial charge in [0.2, 0.25) is 0 Å². The number of urea groups is 1. The quantitative estimate of drug-likeness (QED) is 0.799. The average molecular weight is 220 g/mol. The molecule has 1 aromatic carbocycles. The normalized spacial score (nSPS) is 23.6. The summed E-state index contributed by atoms with van der Waals surface area (Å²) in [6.45, 7) is 0. The van der Waals surface area contributed by atoms with Crippen LogP contribution in [0.1, 0.15) is 36.1 Å².